The molecule has 1 amide bonds. The minimum atomic E-state index is -0.0547. The first kappa shape index (κ1) is 19.7. The Morgan fingerprint density at radius 2 is 1.96 bits per heavy atom. The van der Waals surface area contributed by atoms with Gasteiger partial charge in [0, 0.05) is 12.6 Å². The average Bonchev–Trinajstić information content (AvgIpc) is 2.64. The maximum absolute atomic E-state index is 12.2. The molecular weight excluding hydrogens is 314 g/mol. The van der Waals surface area contributed by atoms with Crippen LogP contribution < -0.4 is 10.1 Å². The number of unbranched alkanes of at least 4 members (excludes halogenated alkanes) is 2. The number of methoxy groups -OCH3 is 1. The highest BCUT2D eigenvalue weighted by Gasteiger charge is 2.19. The number of para-hydroxylation sites is 1. The Kier molecular flexibility index (Phi) is 8.22. The van der Waals surface area contributed by atoms with Gasteiger partial charge >= 0.3 is 0 Å². The molecule has 1 aliphatic rings. The highest BCUT2D eigenvalue weighted by molar-refractivity contribution is 5.96. The van der Waals surface area contributed by atoms with Crippen molar-refractivity contribution in [3.63, 3.8) is 0 Å². The van der Waals surface area contributed by atoms with Gasteiger partial charge in [-0.2, -0.15) is 0 Å². The molecule has 0 bridgehead atoms. The third-order valence-electron chi connectivity index (χ3n) is 5.14. The molecule has 1 saturated heterocycles. The van der Waals surface area contributed by atoms with E-state index in [9.17, 15) is 4.79 Å². The van der Waals surface area contributed by atoms with Crippen molar-refractivity contribution in [2.45, 2.75) is 38.1 Å². The summed E-state index contributed by atoms with van der Waals surface area (Å²) in [5.41, 5.74) is 0.604. The molecule has 1 fully saturated rings. The quantitative estimate of drug-likeness (QED) is 0.698. The van der Waals surface area contributed by atoms with Gasteiger partial charge in [-0.25, -0.2) is 0 Å². The van der Waals surface area contributed by atoms with Gasteiger partial charge in [-0.05, 0) is 71.5 Å². The lowest BCUT2D eigenvalue weighted by Gasteiger charge is -2.35. The predicted octanol–water partition coefficient (Wildman–Crippen LogP) is 2.62. The lowest BCUT2D eigenvalue weighted by molar-refractivity contribution is 0.0949. The Hall–Kier alpha value is -1.59. The molecular formula is C20H33N3O2. The van der Waals surface area contributed by atoms with Crippen LogP contribution in [0.4, 0.5) is 0 Å². The summed E-state index contributed by atoms with van der Waals surface area (Å²) in [4.78, 5) is 17.1. The molecule has 0 radical (unpaired) electrons. The number of rotatable bonds is 9. The lowest BCUT2D eigenvalue weighted by atomic mass is 10.0. The standard InChI is InChI=1S/C20H33N3O2/c1-22-15-11-17(12-16-22)23(2)14-8-4-7-13-21-20(24)18-9-5-6-10-19(18)25-3/h5-6,9-10,17H,4,7-8,11-16H2,1-3H3,(H,21,24). The van der Waals surface area contributed by atoms with Gasteiger partial charge < -0.3 is 19.9 Å². The normalized spacial score (nSPS) is 16.2. The molecule has 1 aromatic carbocycles. The summed E-state index contributed by atoms with van der Waals surface area (Å²) < 4.78 is 5.23. The Morgan fingerprint density at radius 3 is 2.68 bits per heavy atom. The fraction of sp³-hybridized carbons (Fsp3) is 0.650. The van der Waals surface area contributed by atoms with Gasteiger partial charge in [0.1, 0.15) is 5.75 Å². The van der Waals surface area contributed by atoms with Gasteiger partial charge in [0.15, 0.2) is 0 Å². The van der Waals surface area contributed by atoms with Gasteiger partial charge in [0.25, 0.3) is 5.91 Å². The Labute approximate surface area is 152 Å². The van der Waals surface area contributed by atoms with Crippen LogP contribution in [0.3, 0.4) is 0 Å². The van der Waals surface area contributed by atoms with Gasteiger partial charge in [0.05, 0.1) is 12.7 Å². The molecule has 0 saturated carbocycles. The molecule has 1 aliphatic heterocycles. The van der Waals surface area contributed by atoms with Crippen LogP contribution in [-0.2, 0) is 0 Å². The van der Waals surface area contributed by atoms with Crippen LogP contribution in [-0.4, -0.2) is 69.1 Å². The van der Waals surface area contributed by atoms with E-state index in [-0.39, 0.29) is 5.91 Å². The van der Waals surface area contributed by atoms with Crippen molar-refractivity contribution in [3.05, 3.63) is 29.8 Å². The van der Waals surface area contributed by atoms with Crippen LogP contribution >= 0.6 is 0 Å². The van der Waals surface area contributed by atoms with Crippen LogP contribution in [0.15, 0.2) is 24.3 Å². The molecule has 0 unspecified atom stereocenters. The molecule has 0 aliphatic carbocycles. The Bertz CT molecular complexity index is 527. The lowest BCUT2D eigenvalue weighted by Crippen LogP contribution is -2.42. The predicted molar refractivity (Wildman–Crippen MR) is 102 cm³/mol. The van der Waals surface area contributed by atoms with Crippen LogP contribution in [0, 0.1) is 0 Å². The largest absolute Gasteiger partial charge is 0.496 e. The second kappa shape index (κ2) is 10.4. The third kappa shape index (κ3) is 6.33. The summed E-state index contributed by atoms with van der Waals surface area (Å²) in [6.07, 6.45) is 5.91. The van der Waals surface area contributed by atoms with E-state index < -0.39 is 0 Å². The number of hydrogen-bond donors (Lipinski definition) is 1. The number of hydrogen-bond acceptors (Lipinski definition) is 4. The summed E-state index contributed by atoms with van der Waals surface area (Å²) in [6, 6.07) is 8.08. The minimum Gasteiger partial charge on any atom is -0.496 e. The maximum atomic E-state index is 12.2. The van der Waals surface area contributed by atoms with Gasteiger partial charge in [-0.3, -0.25) is 4.79 Å². The molecule has 0 aromatic heterocycles. The maximum Gasteiger partial charge on any atom is 0.255 e. The third-order valence-corrected chi connectivity index (χ3v) is 5.14. The molecule has 1 aromatic rings. The summed E-state index contributed by atoms with van der Waals surface area (Å²) in [5, 5.41) is 2.99. The van der Waals surface area contributed by atoms with Gasteiger partial charge in [0.2, 0.25) is 0 Å². The summed E-state index contributed by atoms with van der Waals surface area (Å²) in [7, 11) is 6.04. The number of amides is 1. The van der Waals surface area contributed by atoms with Crippen LogP contribution in [0.2, 0.25) is 0 Å². The van der Waals surface area contributed by atoms with E-state index in [1.165, 1.54) is 32.4 Å². The van der Waals surface area contributed by atoms with Crippen LogP contribution in [0.5, 0.6) is 5.75 Å². The Morgan fingerprint density at radius 1 is 1.24 bits per heavy atom. The number of benzene rings is 1. The van der Waals surface area contributed by atoms with E-state index in [2.05, 4.69) is 29.2 Å². The van der Waals surface area contributed by atoms with E-state index in [1.54, 1.807) is 13.2 Å². The van der Waals surface area contributed by atoms with Crippen molar-refractivity contribution in [2.24, 2.45) is 0 Å². The van der Waals surface area contributed by atoms with Gasteiger partial charge in [-0.15, -0.1) is 0 Å². The number of carbonyl (C=O) groups excluding carboxylic acids is 1. The fourth-order valence-corrected chi connectivity index (χ4v) is 3.41. The summed E-state index contributed by atoms with van der Waals surface area (Å²) in [5.74, 6) is 0.570. The van der Waals surface area contributed by atoms with E-state index in [1.807, 2.05) is 18.2 Å². The summed E-state index contributed by atoms with van der Waals surface area (Å²) in [6.45, 7) is 4.29. The number of nitrogens with zero attached hydrogens (tertiary/aromatic N) is 2. The Balaban J connectivity index is 1.58. The zero-order valence-electron chi connectivity index (χ0n) is 16.0. The molecule has 5 nitrogen and oxygen atoms in total. The van der Waals surface area contributed by atoms with Crippen molar-refractivity contribution >= 4 is 5.91 Å². The number of nitrogens with one attached hydrogen (secondary N) is 1. The van der Waals surface area contributed by atoms with Crippen LogP contribution in [0.1, 0.15) is 42.5 Å². The first-order valence-electron chi connectivity index (χ1n) is 9.42. The second-order valence-electron chi connectivity index (χ2n) is 7.03. The number of likely N-dealkylation sites (tertiary alicyclic amines) is 1. The molecule has 2 rings (SSSR count). The monoisotopic (exact) mass is 347 g/mol. The molecule has 0 spiro atoms. The number of piperidine rings is 1. The molecule has 5 heteroatoms. The van der Waals surface area contributed by atoms with Crippen molar-refractivity contribution in [1.29, 1.82) is 0 Å². The zero-order chi connectivity index (χ0) is 18.1. The van der Waals surface area contributed by atoms with Crippen molar-refractivity contribution in [2.75, 3.05) is 47.4 Å². The van der Waals surface area contributed by atoms with Crippen molar-refractivity contribution < 1.29 is 9.53 Å². The molecule has 1 N–H and O–H groups in total. The van der Waals surface area contributed by atoms with E-state index >= 15 is 0 Å². The first-order valence-corrected chi connectivity index (χ1v) is 9.42. The molecule has 140 valence electrons. The van der Waals surface area contributed by atoms with E-state index in [0.717, 1.165) is 32.0 Å². The topological polar surface area (TPSA) is 44.8 Å². The second-order valence-corrected chi connectivity index (χ2v) is 7.03. The number of ether oxygens (including phenoxy) is 1. The van der Waals surface area contributed by atoms with Crippen molar-refractivity contribution in [3.8, 4) is 5.75 Å². The highest BCUT2D eigenvalue weighted by Crippen LogP contribution is 2.17. The number of carbonyl (C=O) groups is 1. The van der Waals surface area contributed by atoms with E-state index in [0.29, 0.717) is 11.3 Å². The first-order chi connectivity index (χ1) is 12.1. The SMILES string of the molecule is COc1ccccc1C(=O)NCCCCCN(C)C1CCN(C)CC1. The average molecular weight is 348 g/mol. The van der Waals surface area contributed by atoms with Crippen molar-refractivity contribution in [1.82, 2.24) is 15.1 Å². The zero-order valence-corrected chi connectivity index (χ0v) is 16.0. The van der Waals surface area contributed by atoms with Gasteiger partial charge in [-0.1, -0.05) is 18.6 Å². The molecule has 25 heavy (non-hydrogen) atoms. The molecule has 1 heterocycles. The highest BCUT2D eigenvalue weighted by atomic mass is 16.5. The van der Waals surface area contributed by atoms with E-state index in [4.69, 9.17) is 4.74 Å². The van der Waals surface area contributed by atoms with Crippen LogP contribution in [0.25, 0.3) is 0 Å². The smallest absolute Gasteiger partial charge is 0.255 e. The summed E-state index contributed by atoms with van der Waals surface area (Å²) >= 11 is 0. The minimum absolute atomic E-state index is 0.0547. The molecule has 0 atom stereocenters. The fourth-order valence-electron chi connectivity index (χ4n) is 3.41.